The third-order valence-electron chi connectivity index (χ3n) is 6.49. The number of aryl methyl sites for hydroxylation is 1. The predicted molar refractivity (Wildman–Crippen MR) is 145 cm³/mol. The van der Waals surface area contributed by atoms with Crippen LogP contribution in [0.25, 0.3) is 0 Å². The van der Waals surface area contributed by atoms with E-state index in [0.717, 1.165) is 49.1 Å². The molecule has 38 heavy (non-hydrogen) atoms. The molecule has 1 aromatic heterocycles. The number of carbonyl (C=O) groups is 1. The van der Waals surface area contributed by atoms with Crippen LogP contribution in [-0.4, -0.2) is 29.8 Å². The lowest BCUT2D eigenvalue weighted by Crippen LogP contribution is -2.20. The molecule has 2 heterocycles. The minimum absolute atomic E-state index is 0.0687. The number of carbonyl (C=O) groups excluding carboxylic acids is 1. The number of rotatable bonds is 4. The number of pyridine rings is 1. The molecule has 1 amide bonds. The number of aliphatic imine (C=N–C) groups is 1. The summed E-state index contributed by atoms with van der Waals surface area (Å²) in [7, 11) is 0. The maximum absolute atomic E-state index is 12.4. The first kappa shape index (κ1) is 27.6. The molecule has 2 aliphatic rings. The van der Waals surface area contributed by atoms with Crippen LogP contribution in [0, 0.1) is 5.92 Å². The van der Waals surface area contributed by atoms with Crippen molar-refractivity contribution in [2.45, 2.75) is 45.7 Å². The van der Waals surface area contributed by atoms with Crippen molar-refractivity contribution < 1.29 is 18.0 Å². The number of alkyl halides is 3. The third kappa shape index (κ3) is 7.34. The first-order valence-corrected chi connectivity index (χ1v) is 12.9. The summed E-state index contributed by atoms with van der Waals surface area (Å²) in [5.41, 5.74) is 5.87. The Morgan fingerprint density at radius 2 is 1.89 bits per heavy atom. The summed E-state index contributed by atoms with van der Waals surface area (Å²) in [6, 6.07) is 14.5. The fourth-order valence-electron chi connectivity index (χ4n) is 4.64. The number of hydrogen-bond acceptors (Lipinski definition) is 4. The van der Waals surface area contributed by atoms with Gasteiger partial charge in [-0.05, 0) is 84.2 Å². The SMILES string of the molecule is CC(=O)Nc1ccc(Cl)c(C(F)(F)F)c1.CC1CCc2ccc(Cc3ccnc(C4=NCCN4)c3)cc2C1. The summed E-state index contributed by atoms with van der Waals surface area (Å²) in [5.74, 6) is 1.31. The summed E-state index contributed by atoms with van der Waals surface area (Å²) in [6.07, 6.45) is 2.13. The Kier molecular flexibility index (Phi) is 8.72. The van der Waals surface area contributed by atoms with Crippen LogP contribution in [0.1, 0.15) is 53.8 Å². The summed E-state index contributed by atoms with van der Waals surface area (Å²) in [6.45, 7) is 5.34. The molecule has 9 heteroatoms. The molecule has 5 nitrogen and oxygen atoms in total. The lowest BCUT2D eigenvalue weighted by molar-refractivity contribution is -0.137. The summed E-state index contributed by atoms with van der Waals surface area (Å²) in [4.78, 5) is 19.5. The van der Waals surface area contributed by atoms with Gasteiger partial charge >= 0.3 is 6.18 Å². The number of fused-ring (bicyclic) bond motifs is 1. The smallest absolute Gasteiger partial charge is 0.367 e. The minimum Gasteiger partial charge on any atom is -0.367 e. The average molecular weight is 543 g/mol. The van der Waals surface area contributed by atoms with Gasteiger partial charge in [0.1, 0.15) is 11.5 Å². The van der Waals surface area contributed by atoms with E-state index in [4.69, 9.17) is 11.6 Å². The van der Waals surface area contributed by atoms with Gasteiger partial charge in [0.2, 0.25) is 5.91 Å². The average Bonchev–Trinajstić information content (AvgIpc) is 3.40. The van der Waals surface area contributed by atoms with Crippen LogP contribution in [0.15, 0.2) is 59.7 Å². The van der Waals surface area contributed by atoms with Crippen molar-refractivity contribution in [1.82, 2.24) is 10.3 Å². The highest BCUT2D eigenvalue weighted by Gasteiger charge is 2.33. The zero-order chi connectivity index (χ0) is 27.3. The maximum Gasteiger partial charge on any atom is 0.417 e. The van der Waals surface area contributed by atoms with E-state index in [0.29, 0.717) is 0 Å². The van der Waals surface area contributed by atoms with Crippen LogP contribution in [0.2, 0.25) is 5.02 Å². The molecule has 0 radical (unpaired) electrons. The summed E-state index contributed by atoms with van der Waals surface area (Å²) < 4.78 is 37.1. The number of nitrogens with one attached hydrogen (secondary N) is 2. The van der Waals surface area contributed by atoms with E-state index >= 15 is 0 Å². The number of anilines is 1. The molecule has 1 aliphatic heterocycles. The fourth-order valence-corrected chi connectivity index (χ4v) is 4.87. The molecule has 2 N–H and O–H groups in total. The predicted octanol–water partition coefficient (Wildman–Crippen LogP) is 6.46. The number of hydrogen-bond donors (Lipinski definition) is 2. The molecule has 0 spiro atoms. The highest BCUT2D eigenvalue weighted by Crippen LogP contribution is 2.36. The number of halogens is 4. The second kappa shape index (κ2) is 12.0. The Morgan fingerprint density at radius 3 is 2.61 bits per heavy atom. The van der Waals surface area contributed by atoms with Crippen LogP contribution in [0.3, 0.4) is 0 Å². The summed E-state index contributed by atoms with van der Waals surface area (Å²) in [5, 5.41) is 5.15. The standard InChI is InChI=1S/C20H23N3.C9H7ClF3NO/c1-14-2-4-17-5-3-15(12-18(17)10-14)11-16-6-7-21-19(13-16)20-22-8-9-23-20;1-5(15)14-6-2-3-8(10)7(4-6)9(11,12)13/h3,5-7,12-14H,2,4,8-11H2,1H3,(H,22,23);2-4H,1H3,(H,14,15). The van der Waals surface area contributed by atoms with Gasteiger partial charge in [-0.25, -0.2) is 0 Å². The molecule has 0 fully saturated rings. The molecule has 0 saturated carbocycles. The number of aromatic nitrogens is 1. The van der Waals surface area contributed by atoms with Crippen molar-refractivity contribution in [1.29, 1.82) is 0 Å². The molecule has 0 bridgehead atoms. The van der Waals surface area contributed by atoms with Crippen molar-refractivity contribution in [2.75, 3.05) is 18.4 Å². The van der Waals surface area contributed by atoms with Crippen LogP contribution in [0.5, 0.6) is 0 Å². The van der Waals surface area contributed by atoms with Gasteiger partial charge in [-0.15, -0.1) is 0 Å². The Morgan fingerprint density at radius 1 is 1.11 bits per heavy atom. The number of nitrogens with zero attached hydrogens (tertiary/aromatic N) is 2. The van der Waals surface area contributed by atoms with E-state index in [1.807, 2.05) is 6.20 Å². The van der Waals surface area contributed by atoms with Gasteiger partial charge in [-0.3, -0.25) is 14.8 Å². The first-order valence-electron chi connectivity index (χ1n) is 12.6. The molecule has 0 saturated heterocycles. The Hall–Kier alpha value is -3.39. The number of benzene rings is 2. The van der Waals surface area contributed by atoms with Crippen molar-refractivity contribution in [3.05, 3.63) is 93.3 Å². The van der Waals surface area contributed by atoms with E-state index in [-0.39, 0.29) is 5.69 Å². The van der Waals surface area contributed by atoms with Gasteiger partial charge < -0.3 is 10.6 Å². The molecule has 1 aliphatic carbocycles. The molecule has 5 rings (SSSR count). The largest absolute Gasteiger partial charge is 0.417 e. The van der Waals surface area contributed by atoms with Gasteiger partial charge in [0.05, 0.1) is 17.1 Å². The molecular formula is C29H30ClF3N4O. The van der Waals surface area contributed by atoms with Crippen molar-refractivity contribution >= 4 is 29.0 Å². The minimum atomic E-state index is -4.52. The number of amides is 1. The monoisotopic (exact) mass is 542 g/mol. The molecular weight excluding hydrogens is 513 g/mol. The topological polar surface area (TPSA) is 66.4 Å². The first-order chi connectivity index (χ1) is 18.1. The van der Waals surface area contributed by atoms with Gasteiger partial charge in [0, 0.05) is 25.4 Å². The third-order valence-corrected chi connectivity index (χ3v) is 6.82. The van der Waals surface area contributed by atoms with Crippen LogP contribution < -0.4 is 10.6 Å². The molecule has 200 valence electrons. The Bertz CT molecular complexity index is 1340. The highest BCUT2D eigenvalue weighted by atomic mass is 35.5. The fraction of sp³-hybridized carbons (Fsp3) is 0.345. The van der Waals surface area contributed by atoms with E-state index in [9.17, 15) is 18.0 Å². The highest BCUT2D eigenvalue weighted by molar-refractivity contribution is 6.31. The number of amidine groups is 1. The van der Waals surface area contributed by atoms with E-state index in [2.05, 4.69) is 57.9 Å². The normalized spacial score (nSPS) is 16.5. The maximum atomic E-state index is 12.4. The van der Waals surface area contributed by atoms with Gasteiger partial charge in [0.25, 0.3) is 0 Å². The Balaban J connectivity index is 0.000000196. The lowest BCUT2D eigenvalue weighted by atomic mass is 9.84. The zero-order valence-corrected chi connectivity index (χ0v) is 22.1. The van der Waals surface area contributed by atoms with Gasteiger partial charge in [0.15, 0.2) is 0 Å². The second-order valence-electron chi connectivity index (χ2n) is 9.71. The molecule has 1 atom stereocenters. The van der Waals surface area contributed by atoms with E-state index < -0.39 is 22.7 Å². The van der Waals surface area contributed by atoms with Crippen molar-refractivity contribution in [3.63, 3.8) is 0 Å². The van der Waals surface area contributed by atoms with Crippen molar-refractivity contribution in [2.24, 2.45) is 10.9 Å². The Labute approximate surface area is 225 Å². The molecule has 2 aromatic carbocycles. The molecule has 3 aromatic rings. The van der Waals surface area contributed by atoms with Gasteiger partial charge in [-0.1, -0.05) is 36.7 Å². The van der Waals surface area contributed by atoms with Crippen LogP contribution >= 0.6 is 11.6 Å². The second-order valence-corrected chi connectivity index (χ2v) is 10.1. The van der Waals surface area contributed by atoms with Crippen LogP contribution in [0.4, 0.5) is 18.9 Å². The van der Waals surface area contributed by atoms with E-state index in [1.165, 1.54) is 43.4 Å². The lowest BCUT2D eigenvalue weighted by Gasteiger charge is -2.22. The zero-order valence-electron chi connectivity index (χ0n) is 21.3. The quantitative estimate of drug-likeness (QED) is 0.397. The van der Waals surface area contributed by atoms with Crippen molar-refractivity contribution in [3.8, 4) is 0 Å². The van der Waals surface area contributed by atoms with Crippen LogP contribution in [-0.2, 0) is 30.2 Å². The summed E-state index contributed by atoms with van der Waals surface area (Å²) >= 11 is 5.38. The van der Waals surface area contributed by atoms with E-state index in [1.54, 1.807) is 11.1 Å². The van der Waals surface area contributed by atoms with Gasteiger partial charge in [-0.2, -0.15) is 13.2 Å². The molecule has 1 unspecified atom stereocenters.